The molecule has 11 heteroatoms. The molecule has 2 aromatic carbocycles. The van der Waals surface area contributed by atoms with Crippen LogP contribution in [0, 0.1) is 0 Å². The van der Waals surface area contributed by atoms with Crippen molar-refractivity contribution in [3.63, 3.8) is 0 Å². The van der Waals surface area contributed by atoms with E-state index in [1.165, 1.54) is 4.90 Å². The first kappa shape index (κ1) is 25.2. The number of hydrogen-bond acceptors (Lipinski definition) is 3. The van der Waals surface area contributed by atoms with Crippen molar-refractivity contribution in [2.45, 2.75) is 37.3 Å². The van der Waals surface area contributed by atoms with Crippen LogP contribution in [0.25, 0.3) is 10.9 Å². The molecule has 5 rings (SSSR count). The number of alkyl halides is 6. The summed E-state index contributed by atoms with van der Waals surface area (Å²) in [5, 5.41) is 10.7. The Labute approximate surface area is 208 Å². The van der Waals surface area contributed by atoms with Gasteiger partial charge in [0.1, 0.15) is 0 Å². The molecule has 2 aliphatic heterocycles. The molecule has 2 N–H and O–H groups in total. The molecular weight excluding hydrogens is 500 g/mol. The van der Waals surface area contributed by atoms with Crippen molar-refractivity contribution < 1.29 is 36.2 Å². The number of aliphatic hydroxyl groups is 1. The molecule has 3 aromatic rings. The topological polar surface area (TPSA) is 59.6 Å². The third kappa shape index (κ3) is 4.79. The van der Waals surface area contributed by atoms with E-state index >= 15 is 0 Å². The summed E-state index contributed by atoms with van der Waals surface area (Å²) in [5.41, 5.74) is -1.28. The Morgan fingerprint density at radius 1 is 1.00 bits per heavy atom. The summed E-state index contributed by atoms with van der Waals surface area (Å²) in [6, 6.07) is 7.71. The summed E-state index contributed by atoms with van der Waals surface area (Å²) in [5.74, 6) is -0.890. The van der Waals surface area contributed by atoms with E-state index in [4.69, 9.17) is 0 Å². The van der Waals surface area contributed by atoms with E-state index in [2.05, 4.69) is 4.98 Å². The number of hydrogen-bond donors (Lipinski definition) is 2. The van der Waals surface area contributed by atoms with E-state index in [-0.39, 0.29) is 31.8 Å². The lowest BCUT2D eigenvalue weighted by molar-refractivity contribution is -0.143. The molecule has 1 saturated heterocycles. The minimum absolute atomic E-state index is 0.0204. The second-order valence-corrected chi connectivity index (χ2v) is 9.36. The van der Waals surface area contributed by atoms with Gasteiger partial charge in [0.2, 0.25) is 0 Å². The third-order valence-corrected chi connectivity index (χ3v) is 7.08. The number of piperazine rings is 1. The monoisotopic (exact) mass is 523 g/mol. The first-order chi connectivity index (χ1) is 17.5. The molecule has 3 heterocycles. The fraction of sp³-hybridized carbons (Fsp3) is 0.346. The average molecular weight is 523 g/mol. The van der Waals surface area contributed by atoms with Crippen LogP contribution in [0.3, 0.4) is 0 Å². The Morgan fingerprint density at radius 2 is 1.68 bits per heavy atom. The molecule has 5 nitrogen and oxygen atoms in total. The lowest BCUT2D eigenvalue weighted by Gasteiger charge is -2.46. The van der Waals surface area contributed by atoms with Crippen LogP contribution in [-0.2, 0) is 18.8 Å². The van der Waals surface area contributed by atoms with Gasteiger partial charge in [-0.25, -0.2) is 0 Å². The number of aliphatic hydroxyl groups excluding tert-OH is 1. The van der Waals surface area contributed by atoms with E-state index in [0.717, 1.165) is 16.5 Å². The predicted molar refractivity (Wildman–Crippen MR) is 124 cm³/mol. The van der Waals surface area contributed by atoms with Crippen molar-refractivity contribution in [2.24, 2.45) is 0 Å². The van der Waals surface area contributed by atoms with E-state index in [9.17, 15) is 36.2 Å². The van der Waals surface area contributed by atoms with E-state index < -0.39 is 41.0 Å². The largest absolute Gasteiger partial charge is 0.416 e. The smallest absolute Gasteiger partial charge is 0.390 e. The number of carbonyl (C=O) groups is 1. The number of nitrogens with one attached hydrogen (secondary N) is 1. The van der Waals surface area contributed by atoms with Crippen LogP contribution in [0.1, 0.15) is 33.5 Å². The van der Waals surface area contributed by atoms with Crippen molar-refractivity contribution in [2.75, 3.05) is 19.7 Å². The fourth-order valence-electron chi connectivity index (χ4n) is 5.27. The van der Waals surface area contributed by atoms with Gasteiger partial charge in [0.05, 0.1) is 23.8 Å². The van der Waals surface area contributed by atoms with Gasteiger partial charge in [-0.3, -0.25) is 4.79 Å². The summed E-state index contributed by atoms with van der Waals surface area (Å²) in [6.45, 7) is 0.184. The van der Waals surface area contributed by atoms with Crippen molar-refractivity contribution in [1.29, 1.82) is 0 Å². The lowest BCUT2D eigenvalue weighted by Crippen LogP contribution is -2.58. The van der Waals surface area contributed by atoms with Gasteiger partial charge in [-0.1, -0.05) is 24.3 Å². The summed E-state index contributed by atoms with van der Waals surface area (Å²) >= 11 is 0. The quantitative estimate of drug-likeness (QED) is 0.461. The minimum Gasteiger partial charge on any atom is -0.390 e. The van der Waals surface area contributed by atoms with E-state index in [1.807, 2.05) is 35.2 Å². The minimum atomic E-state index is -5.05. The molecule has 196 valence electrons. The maximum Gasteiger partial charge on any atom is 0.416 e. The molecule has 1 fully saturated rings. The molecule has 0 bridgehead atoms. The van der Waals surface area contributed by atoms with Gasteiger partial charge in [-0.2, -0.15) is 26.3 Å². The number of rotatable bonds is 4. The van der Waals surface area contributed by atoms with Gasteiger partial charge in [-0.05, 0) is 42.7 Å². The second-order valence-electron chi connectivity index (χ2n) is 9.36. The molecule has 0 saturated carbocycles. The standard InChI is InChI=1S/C26H23F6N3O2/c27-25(28,29)17-7-15(8-18(10-17)26(30,31)32)24(37)35-12-19-5-6-20(14-36)34(19)13-21(35)9-16-11-33-23-4-2-1-3-22(16)23/h1-4,6-8,10-11,19,21,33,36H,5,9,12-14H2. The van der Waals surface area contributed by atoms with Crippen LogP contribution < -0.4 is 0 Å². The maximum atomic E-state index is 13.6. The highest BCUT2D eigenvalue weighted by molar-refractivity contribution is 5.95. The zero-order valence-electron chi connectivity index (χ0n) is 19.4. The normalized spacial score (nSPS) is 20.4. The lowest BCUT2D eigenvalue weighted by atomic mass is 9.97. The molecular formula is C26H23F6N3O2. The number of nitrogens with zero attached hydrogens (tertiary/aromatic N) is 2. The highest BCUT2D eigenvalue weighted by atomic mass is 19.4. The zero-order chi connectivity index (χ0) is 26.5. The van der Waals surface area contributed by atoms with Gasteiger partial charge in [0.15, 0.2) is 0 Å². The average Bonchev–Trinajstić information content (AvgIpc) is 3.45. The molecule has 0 aliphatic carbocycles. The van der Waals surface area contributed by atoms with Crippen LogP contribution in [0.15, 0.2) is 60.4 Å². The molecule has 1 amide bonds. The van der Waals surface area contributed by atoms with Crippen LogP contribution in [0.5, 0.6) is 0 Å². The molecule has 2 atom stereocenters. The van der Waals surface area contributed by atoms with E-state index in [1.54, 1.807) is 6.20 Å². The Balaban J connectivity index is 1.53. The highest BCUT2D eigenvalue weighted by Gasteiger charge is 2.42. The number of aromatic amines is 1. The Hall–Kier alpha value is -3.47. The first-order valence-electron chi connectivity index (χ1n) is 11.7. The Kier molecular flexibility index (Phi) is 6.21. The molecule has 1 aromatic heterocycles. The number of halogens is 6. The van der Waals surface area contributed by atoms with Gasteiger partial charge < -0.3 is 19.9 Å². The van der Waals surface area contributed by atoms with Crippen LogP contribution in [0.4, 0.5) is 26.3 Å². The molecule has 2 aliphatic rings. The van der Waals surface area contributed by atoms with Gasteiger partial charge >= 0.3 is 12.4 Å². The van der Waals surface area contributed by atoms with Crippen LogP contribution >= 0.6 is 0 Å². The van der Waals surface area contributed by atoms with E-state index in [0.29, 0.717) is 30.7 Å². The zero-order valence-corrected chi connectivity index (χ0v) is 19.4. The Morgan fingerprint density at radius 3 is 2.32 bits per heavy atom. The number of benzene rings is 2. The fourth-order valence-corrected chi connectivity index (χ4v) is 5.27. The SMILES string of the molecule is O=C(c1cc(C(F)(F)F)cc(C(F)(F)F)c1)N1CC2CC=C(CO)N2CC1Cc1c[nH]c2ccccc12. The molecule has 0 spiro atoms. The highest BCUT2D eigenvalue weighted by Crippen LogP contribution is 2.37. The number of para-hydroxylation sites is 1. The second kappa shape index (κ2) is 9.13. The van der Waals surface area contributed by atoms with Crippen molar-refractivity contribution in [3.8, 4) is 0 Å². The predicted octanol–water partition coefficient (Wildman–Crippen LogP) is 5.22. The van der Waals surface area contributed by atoms with Crippen LogP contribution in [0.2, 0.25) is 0 Å². The van der Waals surface area contributed by atoms with Crippen molar-refractivity contribution in [1.82, 2.24) is 14.8 Å². The number of carbonyl (C=O) groups excluding carboxylic acids is 1. The van der Waals surface area contributed by atoms with Gasteiger partial charge in [0.25, 0.3) is 5.91 Å². The maximum absolute atomic E-state index is 13.6. The molecule has 37 heavy (non-hydrogen) atoms. The molecule has 2 unspecified atom stereocenters. The number of H-pyrrole nitrogens is 1. The van der Waals surface area contributed by atoms with Gasteiger partial charge in [0, 0.05) is 47.5 Å². The van der Waals surface area contributed by atoms with Crippen molar-refractivity contribution >= 4 is 16.8 Å². The summed E-state index contributed by atoms with van der Waals surface area (Å²) in [4.78, 5) is 20.1. The first-order valence-corrected chi connectivity index (χ1v) is 11.7. The third-order valence-electron chi connectivity index (χ3n) is 7.08. The summed E-state index contributed by atoms with van der Waals surface area (Å²) in [7, 11) is 0. The number of amides is 1. The van der Waals surface area contributed by atoms with Crippen molar-refractivity contribution in [3.05, 3.63) is 82.7 Å². The Bertz CT molecular complexity index is 1330. The van der Waals surface area contributed by atoms with Gasteiger partial charge in [-0.15, -0.1) is 0 Å². The summed E-state index contributed by atoms with van der Waals surface area (Å²) < 4.78 is 80.7. The summed E-state index contributed by atoms with van der Waals surface area (Å²) in [6.07, 6.45) is -5.64. The molecule has 0 radical (unpaired) electrons. The number of aromatic nitrogens is 1. The van der Waals surface area contributed by atoms with Crippen LogP contribution in [-0.4, -0.2) is 57.6 Å². The number of fused-ring (bicyclic) bond motifs is 2.